The molecule has 5 heteroatoms. The lowest BCUT2D eigenvalue weighted by Crippen LogP contribution is -2.47. The summed E-state index contributed by atoms with van der Waals surface area (Å²) in [5.41, 5.74) is 3.76. The van der Waals surface area contributed by atoms with Crippen molar-refractivity contribution in [1.82, 2.24) is 5.32 Å². The zero-order valence-electron chi connectivity index (χ0n) is 10.1. The van der Waals surface area contributed by atoms with Gasteiger partial charge in [0, 0.05) is 11.1 Å². The maximum atomic E-state index is 11.0. The lowest BCUT2D eigenvalue weighted by molar-refractivity contribution is 0.00781. The molecular weight excluding hydrogens is 248 g/mol. The summed E-state index contributed by atoms with van der Waals surface area (Å²) in [7, 11) is 0. The Morgan fingerprint density at radius 2 is 2.22 bits per heavy atom. The van der Waals surface area contributed by atoms with Gasteiger partial charge in [-0.05, 0) is 17.5 Å². The van der Waals surface area contributed by atoms with E-state index in [0.717, 1.165) is 16.5 Å². The van der Waals surface area contributed by atoms with Gasteiger partial charge in [0.2, 0.25) is 0 Å². The van der Waals surface area contributed by atoms with Gasteiger partial charge in [0.25, 0.3) is 0 Å². The summed E-state index contributed by atoms with van der Waals surface area (Å²) in [4.78, 5) is 11.7. The number of carbonyl (C=O) groups excluding carboxylic acids is 1. The number of nitrogens with one attached hydrogen (secondary N) is 1. The zero-order chi connectivity index (χ0) is 13.2. The van der Waals surface area contributed by atoms with Crippen LogP contribution in [0.5, 0.6) is 0 Å². The zero-order valence-corrected chi connectivity index (χ0v) is 11.0. The molecule has 0 saturated carbocycles. The first-order chi connectivity index (χ1) is 8.55. The number of benzene rings is 1. The molecule has 0 spiro atoms. The van der Waals surface area contributed by atoms with Crippen LogP contribution in [0.15, 0.2) is 30.3 Å². The fourth-order valence-corrected chi connectivity index (χ4v) is 3.13. The van der Waals surface area contributed by atoms with Gasteiger partial charge in [-0.2, -0.15) is 0 Å². The van der Waals surface area contributed by atoms with Gasteiger partial charge in [-0.25, -0.2) is 4.79 Å². The van der Waals surface area contributed by atoms with E-state index in [1.165, 1.54) is 11.3 Å². The lowest BCUT2D eigenvalue weighted by atomic mass is 10.1. The molecule has 1 atom stereocenters. The van der Waals surface area contributed by atoms with Crippen LogP contribution < -0.4 is 11.1 Å². The first-order valence-electron chi connectivity index (χ1n) is 5.84. The van der Waals surface area contributed by atoms with E-state index in [0.29, 0.717) is 11.3 Å². The Morgan fingerprint density at radius 1 is 1.50 bits per heavy atom. The van der Waals surface area contributed by atoms with Crippen molar-refractivity contribution in [3.05, 3.63) is 35.2 Å². The smallest absolute Gasteiger partial charge is 0.314 e. The SMILES string of the molecule is CCCC(O)(NC(N)=O)c1cc2ccccc2s1. The van der Waals surface area contributed by atoms with Gasteiger partial charge in [0.15, 0.2) is 5.72 Å². The van der Waals surface area contributed by atoms with Crippen LogP contribution in [0.2, 0.25) is 0 Å². The Hall–Kier alpha value is -1.59. The van der Waals surface area contributed by atoms with Crippen molar-refractivity contribution in [3.8, 4) is 0 Å². The Kier molecular flexibility index (Phi) is 3.54. The molecule has 96 valence electrons. The molecule has 0 fully saturated rings. The van der Waals surface area contributed by atoms with E-state index in [4.69, 9.17) is 5.73 Å². The normalized spacial score (nSPS) is 14.3. The van der Waals surface area contributed by atoms with Gasteiger partial charge in [0.1, 0.15) is 0 Å². The van der Waals surface area contributed by atoms with Crippen molar-refractivity contribution < 1.29 is 9.90 Å². The second kappa shape index (κ2) is 4.96. The van der Waals surface area contributed by atoms with Crippen molar-refractivity contribution in [3.63, 3.8) is 0 Å². The molecule has 0 radical (unpaired) electrons. The second-order valence-corrected chi connectivity index (χ2v) is 5.33. The molecule has 1 unspecified atom stereocenters. The highest BCUT2D eigenvalue weighted by Crippen LogP contribution is 2.34. The highest BCUT2D eigenvalue weighted by atomic mass is 32.1. The van der Waals surface area contributed by atoms with Crippen LogP contribution in [-0.4, -0.2) is 11.1 Å². The summed E-state index contributed by atoms with van der Waals surface area (Å²) < 4.78 is 1.08. The Bertz CT molecular complexity index is 534. The van der Waals surface area contributed by atoms with Crippen LogP contribution >= 0.6 is 11.3 Å². The average Bonchev–Trinajstić information content (AvgIpc) is 2.72. The number of thiophene rings is 1. The maximum absolute atomic E-state index is 11.0. The van der Waals surface area contributed by atoms with E-state index in [2.05, 4.69) is 5.32 Å². The van der Waals surface area contributed by atoms with E-state index >= 15 is 0 Å². The summed E-state index contributed by atoms with van der Waals surface area (Å²) in [6, 6.07) is 9.03. The quantitative estimate of drug-likeness (QED) is 0.742. The average molecular weight is 264 g/mol. The number of rotatable bonds is 4. The lowest BCUT2D eigenvalue weighted by Gasteiger charge is -2.26. The van der Waals surface area contributed by atoms with Gasteiger partial charge >= 0.3 is 6.03 Å². The molecule has 1 aromatic heterocycles. The van der Waals surface area contributed by atoms with E-state index in [1.54, 1.807) is 0 Å². The monoisotopic (exact) mass is 264 g/mol. The maximum Gasteiger partial charge on any atom is 0.314 e. The molecule has 0 aliphatic rings. The third kappa shape index (κ3) is 2.47. The number of primary amides is 1. The van der Waals surface area contributed by atoms with Gasteiger partial charge < -0.3 is 16.2 Å². The number of nitrogens with two attached hydrogens (primary N) is 1. The Labute approximate surface area is 109 Å². The first kappa shape index (κ1) is 12.9. The topological polar surface area (TPSA) is 75.3 Å². The third-order valence-corrected chi connectivity index (χ3v) is 4.04. The van der Waals surface area contributed by atoms with E-state index in [1.807, 2.05) is 37.3 Å². The number of urea groups is 1. The van der Waals surface area contributed by atoms with Gasteiger partial charge in [-0.1, -0.05) is 31.5 Å². The molecule has 18 heavy (non-hydrogen) atoms. The molecule has 2 aromatic rings. The third-order valence-electron chi connectivity index (χ3n) is 2.77. The summed E-state index contributed by atoms with van der Waals surface area (Å²) in [6.45, 7) is 1.95. The highest BCUT2D eigenvalue weighted by molar-refractivity contribution is 7.19. The summed E-state index contributed by atoms with van der Waals surface area (Å²) in [5, 5.41) is 14.0. The molecule has 0 saturated heterocycles. The number of carbonyl (C=O) groups is 1. The van der Waals surface area contributed by atoms with Crippen molar-refractivity contribution in [1.29, 1.82) is 0 Å². The molecule has 0 bridgehead atoms. The molecule has 0 aliphatic heterocycles. The van der Waals surface area contributed by atoms with Crippen molar-refractivity contribution >= 4 is 27.5 Å². The summed E-state index contributed by atoms with van der Waals surface area (Å²) >= 11 is 1.47. The number of aliphatic hydroxyl groups is 1. The molecule has 1 heterocycles. The van der Waals surface area contributed by atoms with Crippen LogP contribution in [0, 0.1) is 0 Å². The molecule has 2 rings (SSSR count). The number of amides is 2. The fourth-order valence-electron chi connectivity index (χ4n) is 2.00. The van der Waals surface area contributed by atoms with Crippen molar-refractivity contribution in [2.75, 3.05) is 0 Å². The van der Waals surface area contributed by atoms with E-state index < -0.39 is 11.8 Å². The van der Waals surface area contributed by atoms with Gasteiger partial charge in [-0.15, -0.1) is 11.3 Å². The fraction of sp³-hybridized carbons (Fsp3) is 0.308. The molecule has 0 aliphatic carbocycles. The van der Waals surface area contributed by atoms with Gasteiger partial charge in [-0.3, -0.25) is 0 Å². The van der Waals surface area contributed by atoms with Crippen LogP contribution in [0.3, 0.4) is 0 Å². The minimum absolute atomic E-state index is 0.433. The first-order valence-corrected chi connectivity index (χ1v) is 6.66. The van der Waals surface area contributed by atoms with E-state index in [-0.39, 0.29) is 0 Å². The molecule has 4 N–H and O–H groups in total. The predicted molar refractivity (Wildman–Crippen MR) is 73.3 cm³/mol. The van der Waals surface area contributed by atoms with Crippen LogP contribution in [0.4, 0.5) is 4.79 Å². The standard InChI is InChI=1S/C13H16N2O2S/c1-2-7-13(17,15-12(14)16)11-8-9-5-3-4-6-10(9)18-11/h3-6,8,17H,2,7H2,1H3,(H3,14,15,16). The minimum Gasteiger partial charge on any atom is -0.366 e. The largest absolute Gasteiger partial charge is 0.366 e. The van der Waals surface area contributed by atoms with E-state index in [9.17, 15) is 9.90 Å². The van der Waals surface area contributed by atoms with Crippen LogP contribution in [0.1, 0.15) is 24.6 Å². The van der Waals surface area contributed by atoms with Crippen LogP contribution in [0.25, 0.3) is 10.1 Å². The minimum atomic E-state index is -1.37. The highest BCUT2D eigenvalue weighted by Gasteiger charge is 2.31. The van der Waals surface area contributed by atoms with Gasteiger partial charge in [0.05, 0.1) is 4.88 Å². The number of hydrogen-bond acceptors (Lipinski definition) is 3. The summed E-state index contributed by atoms with van der Waals surface area (Å²) in [5.74, 6) is 0. The molecule has 4 nitrogen and oxygen atoms in total. The Morgan fingerprint density at radius 3 is 2.83 bits per heavy atom. The van der Waals surface area contributed by atoms with Crippen LogP contribution in [-0.2, 0) is 5.72 Å². The van der Waals surface area contributed by atoms with Crippen molar-refractivity contribution in [2.45, 2.75) is 25.5 Å². The van der Waals surface area contributed by atoms with Crippen molar-refractivity contribution in [2.24, 2.45) is 5.73 Å². The summed E-state index contributed by atoms with van der Waals surface area (Å²) in [6.07, 6.45) is 1.17. The predicted octanol–water partition coefficient (Wildman–Crippen LogP) is 2.51. The molecule has 1 aromatic carbocycles. The number of hydrogen-bond donors (Lipinski definition) is 3. The number of fused-ring (bicyclic) bond motifs is 1. The molecular formula is C13H16N2O2S. The Balaban J connectivity index is 2.43. The molecule has 2 amide bonds. The second-order valence-electron chi connectivity index (χ2n) is 4.25.